The van der Waals surface area contributed by atoms with Crippen molar-refractivity contribution in [3.8, 4) is 0 Å². The number of hydrogen-bond acceptors (Lipinski definition) is 3. The van der Waals surface area contributed by atoms with Crippen molar-refractivity contribution in [1.82, 2.24) is 10.2 Å². The molecule has 0 radical (unpaired) electrons. The molecule has 0 atom stereocenters. The van der Waals surface area contributed by atoms with Gasteiger partial charge in [0, 0.05) is 24.3 Å². The fraction of sp³-hybridized carbons (Fsp3) is 0.300. The Bertz CT molecular complexity index is 743. The predicted octanol–water partition coefficient (Wildman–Crippen LogP) is 3.15. The number of amides is 2. The van der Waals surface area contributed by atoms with E-state index in [0.717, 1.165) is 19.6 Å². The second-order valence-electron chi connectivity index (χ2n) is 5.79. The Hall–Kier alpha value is -2.73. The van der Waals surface area contributed by atoms with Crippen molar-refractivity contribution >= 4 is 17.5 Å². The zero-order chi connectivity index (χ0) is 18.9. The number of hydrogen-bond donors (Lipinski definition) is 2. The average Bonchev–Trinajstić information content (AvgIpc) is 2.66. The molecule has 2 aromatic rings. The molecule has 5 nitrogen and oxygen atoms in total. The zero-order valence-corrected chi connectivity index (χ0v) is 15.1. The van der Waals surface area contributed by atoms with Crippen LogP contribution in [0.3, 0.4) is 0 Å². The third kappa shape index (κ3) is 5.39. The number of rotatable bonds is 8. The fourth-order valence-electron chi connectivity index (χ4n) is 2.52. The summed E-state index contributed by atoms with van der Waals surface area (Å²) in [6, 6.07) is 12.3. The van der Waals surface area contributed by atoms with Gasteiger partial charge in [0.2, 0.25) is 0 Å². The van der Waals surface area contributed by atoms with Crippen LogP contribution in [-0.2, 0) is 0 Å². The highest BCUT2D eigenvalue weighted by Gasteiger charge is 2.11. The van der Waals surface area contributed by atoms with Gasteiger partial charge in [0.05, 0.1) is 5.56 Å². The van der Waals surface area contributed by atoms with Gasteiger partial charge < -0.3 is 15.5 Å². The predicted molar refractivity (Wildman–Crippen MR) is 101 cm³/mol. The summed E-state index contributed by atoms with van der Waals surface area (Å²) in [4.78, 5) is 26.4. The maximum atomic E-state index is 13.6. The number of carbonyl (C=O) groups is 2. The lowest BCUT2D eigenvalue weighted by molar-refractivity contribution is 0.0948. The van der Waals surface area contributed by atoms with Gasteiger partial charge >= 0.3 is 0 Å². The number of nitrogens with zero attached hydrogens (tertiary/aromatic N) is 1. The van der Waals surface area contributed by atoms with Gasteiger partial charge in [0.1, 0.15) is 5.82 Å². The number of likely N-dealkylation sites (N-methyl/N-ethyl adjacent to an activating group) is 1. The number of benzene rings is 2. The molecule has 0 saturated heterocycles. The Kier molecular flexibility index (Phi) is 7.29. The van der Waals surface area contributed by atoms with Crippen LogP contribution in [-0.4, -0.2) is 42.9 Å². The van der Waals surface area contributed by atoms with Crippen molar-refractivity contribution in [3.63, 3.8) is 0 Å². The van der Waals surface area contributed by atoms with Crippen molar-refractivity contribution in [2.75, 3.05) is 31.5 Å². The Morgan fingerprint density at radius 2 is 1.62 bits per heavy atom. The minimum absolute atomic E-state index is 0.0225. The van der Waals surface area contributed by atoms with E-state index in [1.165, 1.54) is 18.2 Å². The minimum atomic E-state index is -0.575. The second kappa shape index (κ2) is 9.68. The van der Waals surface area contributed by atoms with Crippen molar-refractivity contribution in [3.05, 3.63) is 65.5 Å². The van der Waals surface area contributed by atoms with Gasteiger partial charge in [-0.15, -0.1) is 0 Å². The molecule has 0 bridgehead atoms. The van der Waals surface area contributed by atoms with E-state index in [4.69, 9.17) is 0 Å². The highest BCUT2D eigenvalue weighted by molar-refractivity contribution is 6.04. The van der Waals surface area contributed by atoms with Gasteiger partial charge in [-0.3, -0.25) is 9.59 Å². The quantitative estimate of drug-likeness (QED) is 0.763. The van der Waals surface area contributed by atoms with E-state index in [1.807, 2.05) is 0 Å². The Balaban J connectivity index is 1.90. The lowest BCUT2D eigenvalue weighted by atomic mass is 10.1. The summed E-state index contributed by atoms with van der Waals surface area (Å²) in [5.41, 5.74) is 0.983. The molecule has 0 fully saturated rings. The summed E-state index contributed by atoms with van der Waals surface area (Å²) in [5, 5.41) is 5.50. The number of halogens is 1. The lowest BCUT2D eigenvalue weighted by Crippen LogP contribution is -2.34. The third-order valence-corrected chi connectivity index (χ3v) is 4.13. The van der Waals surface area contributed by atoms with E-state index in [9.17, 15) is 14.0 Å². The van der Waals surface area contributed by atoms with E-state index in [2.05, 4.69) is 29.4 Å². The molecular formula is C20H24FN3O2. The first-order chi connectivity index (χ1) is 12.5. The van der Waals surface area contributed by atoms with Crippen LogP contribution in [0, 0.1) is 5.82 Å². The number of nitrogens with one attached hydrogen (secondary N) is 2. The molecule has 6 heteroatoms. The average molecular weight is 357 g/mol. The second-order valence-corrected chi connectivity index (χ2v) is 5.79. The van der Waals surface area contributed by atoms with Crippen molar-refractivity contribution in [2.45, 2.75) is 13.8 Å². The van der Waals surface area contributed by atoms with Crippen LogP contribution in [0.25, 0.3) is 0 Å². The van der Waals surface area contributed by atoms with E-state index < -0.39 is 11.7 Å². The first-order valence-electron chi connectivity index (χ1n) is 8.71. The summed E-state index contributed by atoms with van der Waals surface area (Å²) in [6.45, 7) is 7.44. The fourth-order valence-corrected chi connectivity index (χ4v) is 2.52. The van der Waals surface area contributed by atoms with E-state index in [-0.39, 0.29) is 11.5 Å². The maximum absolute atomic E-state index is 13.6. The standard InChI is InChI=1S/C20H24FN3O2/c1-3-24(4-2)14-13-22-19(25)15-9-11-16(12-10-15)23-20(26)17-7-5-6-8-18(17)21/h5-12H,3-4,13-14H2,1-2H3,(H,22,25)(H,23,26). The van der Waals surface area contributed by atoms with E-state index in [0.29, 0.717) is 17.8 Å². The topological polar surface area (TPSA) is 61.4 Å². The maximum Gasteiger partial charge on any atom is 0.258 e. The van der Waals surface area contributed by atoms with Crippen LogP contribution in [0.1, 0.15) is 34.6 Å². The molecule has 2 aromatic carbocycles. The highest BCUT2D eigenvalue weighted by atomic mass is 19.1. The number of anilines is 1. The molecule has 0 unspecified atom stereocenters. The Labute approximate surface area is 153 Å². The van der Waals surface area contributed by atoms with Crippen LogP contribution in [0.15, 0.2) is 48.5 Å². The van der Waals surface area contributed by atoms with Gasteiger partial charge in [-0.2, -0.15) is 0 Å². The molecule has 2 amide bonds. The van der Waals surface area contributed by atoms with Gasteiger partial charge in [0.15, 0.2) is 0 Å². The normalized spacial score (nSPS) is 10.6. The molecule has 0 aliphatic heterocycles. The summed E-state index contributed by atoms with van der Waals surface area (Å²) in [6.07, 6.45) is 0. The molecule has 0 aliphatic rings. The summed E-state index contributed by atoms with van der Waals surface area (Å²) in [7, 11) is 0. The highest BCUT2D eigenvalue weighted by Crippen LogP contribution is 2.13. The smallest absolute Gasteiger partial charge is 0.258 e. The Morgan fingerprint density at radius 1 is 0.962 bits per heavy atom. The molecular weight excluding hydrogens is 333 g/mol. The molecule has 0 saturated carbocycles. The van der Waals surface area contributed by atoms with Crippen molar-refractivity contribution in [1.29, 1.82) is 0 Å². The first-order valence-corrected chi connectivity index (χ1v) is 8.71. The molecule has 26 heavy (non-hydrogen) atoms. The Morgan fingerprint density at radius 3 is 2.23 bits per heavy atom. The van der Waals surface area contributed by atoms with Crippen LogP contribution in [0.5, 0.6) is 0 Å². The van der Waals surface area contributed by atoms with Crippen molar-refractivity contribution in [2.24, 2.45) is 0 Å². The molecule has 0 aromatic heterocycles. The van der Waals surface area contributed by atoms with Crippen molar-refractivity contribution < 1.29 is 14.0 Å². The largest absolute Gasteiger partial charge is 0.351 e. The molecule has 0 aliphatic carbocycles. The molecule has 2 N–H and O–H groups in total. The van der Waals surface area contributed by atoms with Gasteiger partial charge in [0.25, 0.3) is 11.8 Å². The summed E-state index contributed by atoms with van der Waals surface area (Å²) >= 11 is 0. The lowest BCUT2D eigenvalue weighted by Gasteiger charge is -2.18. The van der Waals surface area contributed by atoms with Crippen LogP contribution >= 0.6 is 0 Å². The van der Waals surface area contributed by atoms with Crippen LogP contribution < -0.4 is 10.6 Å². The third-order valence-electron chi connectivity index (χ3n) is 4.13. The molecule has 2 rings (SSSR count). The summed E-state index contributed by atoms with van der Waals surface area (Å²) < 4.78 is 13.6. The van der Waals surface area contributed by atoms with E-state index >= 15 is 0 Å². The molecule has 0 spiro atoms. The van der Waals surface area contributed by atoms with Gasteiger partial charge in [-0.25, -0.2) is 4.39 Å². The first kappa shape index (κ1) is 19.6. The minimum Gasteiger partial charge on any atom is -0.351 e. The summed E-state index contributed by atoms with van der Waals surface area (Å²) in [5.74, 6) is -1.27. The van der Waals surface area contributed by atoms with Gasteiger partial charge in [-0.1, -0.05) is 26.0 Å². The van der Waals surface area contributed by atoms with E-state index in [1.54, 1.807) is 30.3 Å². The SMILES string of the molecule is CCN(CC)CCNC(=O)c1ccc(NC(=O)c2ccccc2F)cc1. The van der Waals surface area contributed by atoms with Crippen LogP contribution in [0.2, 0.25) is 0 Å². The van der Waals surface area contributed by atoms with Crippen LogP contribution in [0.4, 0.5) is 10.1 Å². The molecule has 138 valence electrons. The zero-order valence-electron chi connectivity index (χ0n) is 15.1. The number of carbonyl (C=O) groups excluding carboxylic acids is 2. The monoisotopic (exact) mass is 357 g/mol. The van der Waals surface area contributed by atoms with Gasteiger partial charge in [-0.05, 0) is 49.5 Å². The molecule has 0 heterocycles.